The molecule has 0 radical (unpaired) electrons. The van der Waals surface area contributed by atoms with Crippen LogP contribution >= 0.6 is 0 Å². The number of hydrogen-bond acceptors (Lipinski definition) is 2. The van der Waals surface area contributed by atoms with E-state index in [2.05, 4.69) is 6.07 Å². The lowest BCUT2D eigenvalue weighted by molar-refractivity contribution is 0.669. The van der Waals surface area contributed by atoms with Crippen LogP contribution in [0, 0.1) is 17.2 Å². The summed E-state index contributed by atoms with van der Waals surface area (Å²) < 4.78 is 11.1. The van der Waals surface area contributed by atoms with Crippen molar-refractivity contribution in [3.63, 3.8) is 0 Å². The maximum atomic E-state index is 11.1. The molecule has 0 aliphatic carbocycles. The van der Waals surface area contributed by atoms with Crippen LogP contribution in [0.15, 0.2) is 0 Å². The van der Waals surface area contributed by atoms with Crippen LogP contribution in [0.3, 0.4) is 0 Å². The third-order valence-corrected chi connectivity index (χ3v) is 3.04. The maximum absolute atomic E-state index is 11.1. The van der Waals surface area contributed by atoms with Gasteiger partial charge in [-0.15, -0.1) is 0 Å². The van der Waals surface area contributed by atoms with Crippen molar-refractivity contribution in [3.8, 4) is 6.07 Å². The molecule has 10 heavy (non-hydrogen) atoms. The molecule has 0 spiro atoms. The Kier molecular flexibility index (Phi) is 4.29. The van der Waals surface area contributed by atoms with Gasteiger partial charge >= 0.3 is 0 Å². The number of nitrogens with zero attached hydrogens (tertiary/aromatic N) is 1. The van der Waals surface area contributed by atoms with Crippen molar-refractivity contribution in [1.82, 2.24) is 0 Å². The van der Waals surface area contributed by atoms with Crippen LogP contribution in [-0.4, -0.2) is 15.2 Å². The van der Waals surface area contributed by atoms with Crippen molar-refractivity contribution in [2.24, 2.45) is 5.92 Å². The summed E-state index contributed by atoms with van der Waals surface area (Å²) in [5, 5.41) is 8.56. The standard InChI is InChI=1S/C7H13NOS/c1-6(2)10(9)5-7(3)4-8/h6-7H,5H2,1-3H3. The normalized spacial score (nSPS) is 16.3. The molecule has 0 bridgehead atoms. The number of hydrogen-bond donors (Lipinski definition) is 0. The molecule has 0 aliphatic heterocycles. The average Bonchev–Trinajstić information content (AvgIpc) is 1.87. The van der Waals surface area contributed by atoms with Crippen molar-refractivity contribution < 1.29 is 4.21 Å². The van der Waals surface area contributed by atoms with Crippen LogP contribution in [0.4, 0.5) is 0 Å². The SMILES string of the molecule is CC(C#N)CS(=O)C(C)C. The summed E-state index contributed by atoms with van der Waals surface area (Å²) in [7, 11) is -0.824. The Labute approximate surface area is 64.7 Å². The predicted octanol–water partition coefficient (Wildman–Crippen LogP) is 1.30. The minimum atomic E-state index is -0.824. The molecule has 2 nitrogen and oxygen atoms in total. The summed E-state index contributed by atoms with van der Waals surface area (Å²) in [4.78, 5) is 0. The zero-order valence-electron chi connectivity index (χ0n) is 6.63. The molecular weight excluding hydrogens is 146 g/mol. The first-order valence-corrected chi connectivity index (χ1v) is 4.73. The Morgan fingerprint density at radius 1 is 1.50 bits per heavy atom. The van der Waals surface area contributed by atoms with Crippen LogP contribution in [0.25, 0.3) is 0 Å². The van der Waals surface area contributed by atoms with E-state index in [-0.39, 0.29) is 11.2 Å². The van der Waals surface area contributed by atoms with Gasteiger partial charge in [0.2, 0.25) is 0 Å². The van der Waals surface area contributed by atoms with Crippen molar-refractivity contribution in [2.45, 2.75) is 26.0 Å². The molecule has 0 saturated carbocycles. The van der Waals surface area contributed by atoms with Crippen LogP contribution in [0.1, 0.15) is 20.8 Å². The molecule has 58 valence electrons. The van der Waals surface area contributed by atoms with Crippen molar-refractivity contribution in [1.29, 1.82) is 5.26 Å². The zero-order chi connectivity index (χ0) is 8.15. The van der Waals surface area contributed by atoms with E-state index >= 15 is 0 Å². The van der Waals surface area contributed by atoms with Crippen molar-refractivity contribution >= 4 is 10.8 Å². The van der Waals surface area contributed by atoms with Gasteiger partial charge in [0.05, 0.1) is 12.0 Å². The highest BCUT2D eigenvalue weighted by atomic mass is 32.2. The minimum absolute atomic E-state index is 0.0803. The highest BCUT2D eigenvalue weighted by molar-refractivity contribution is 7.85. The second-order valence-corrected chi connectivity index (χ2v) is 4.66. The second kappa shape index (κ2) is 4.45. The largest absolute Gasteiger partial charge is 0.259 e. The average molecular weight is 159 g/mol. The third-order valence-electron chi connectivity index (χ3n) is 1.16. The molecule has 0 amide bonds. The van der Waals surface area contributed by atoms with Gasteiger partial charge < -0.3 is 0 Å². The molecule has 0 heterocycles. The van der Waals surface area contributed by atoms with E-state index in [1.807, 2.05) is 13.8 Å². The lowest BCUT2D eigenvalue weighted by atomic mass is 10.3. The molecule has 0 rings (SSSR count). The zero-order valence-corrected chi connectivity index (χ0v) is 7.44. The Morgan fingerprint density at radius 3 is 2.30 bits per heavy atom. The quantitative estimate of drug-likeness (QED) is 0.623. The molecular formula is C7H13NOS. The van der Waals surface area contributed by atoms with E-state index in [0.717, 1.165) is 0 Å². The third kappa shape index (κ3) is 3.62. The fraction of sp³-hybridized carbons (Fsp3) is 0.857. The van der Waals surface area contributed by atoms with E-state index < -0.39 is 10.8 Å². The highest BCUT2D eigenvalue weighted by Crippen LogP contribution is 2.01. The van der Waals surface area contributed by atoms with E-state index in [1.54, 1.807) is 6.92 Å². The van der Waals surface area contributed by atoms with Crippen molar-refractivity contribution in [2.75, 3.05) is 5.75 Å². The Balaban J connectivity index is 3.71. The lowest BCUT2D eigenvalue weighted by Gasteiger charge is -2.05. The molecule has 0 aromatic heterocycles. The maximum Gasteiger partial charge on any atom is 0.0662 e. The molecule has 0 saturated heterocycles. The fourth-order valence-electron chi connectivity index (χ4n) is 0.476. The summed E-state index contributed by atoms with van der Waals surface area (Å²) in [6.45, 7) is 5.60. The highest BCUT2D eigenvalue weighted by Gasteiger charge is 2.09. The first kappa shape index (κ1) is 9.64. The summed E-state index contributed by atoms with van der Waals surface area (Å²) in [6, 6.07) is 2.06. The van der Waals surface area contributed by atoms with Gasteiger partial charge in [0.25, 0.3) is 0 Å². The molecule has 3 heteroatoms. The van der Waals surface area contributed by atoms with Gasteiger partial charge in [0, 0.05) is 21.8 Å². The Morgan fingerprint density at radius 2 is 2.00 bits per heavy atom. The monoisotopic (exact) mass is 159 g/mol. The van der Waals surface area contributed by atoms with Crippen LogP contribution in [0.5, 0.6) is 0 Å². The Bertz CT molecular complexity index is 159. The first-order valence-electron chi connectivity index (χ1n) is 3.34. The molecule has 0 N–H and O–H groups in total. The lowest BCUT2D eigenvalue weighted by Crippen LogP contribution is -2.14. The summed E-state index contributed by atoms with van der Waals surface area (Å²) in [6.07, 6.45) is 0. The van der Waals surface area contributed by atoms with Gasteiger partial charge in [-0.1, -0.05) is 13.8 Å². The van der Waals surface area contributed by atoms with Gasteiger partial charge in [0.15, 0.2) is 0 Å². The van der Waals surface area contributed by atoms with Crippen LogP contribution in [-0.2, 0) is 10.8 Å². The molecule has 2 atom stereocenters. The minimum Gasteiger partial charge on any atom is -0.259 e. The van der Waals surface area contributed by atoms with Gasteiger partial charge in [-0.2, -0.15) is 5.26 Å². The van der Waals surface area contributed by atoms with Crippen LogP contribution in [0.2, 0.25) is 0 Å². The molecule has 0 aromatic rings. The van der Waals surface area contributed by atoms with Gasteiger partial charge in [-0.25, -0.2) is 0 Å². The summed E-state index contributed by atoms with van der Waals surface area (Å²) in [5.41, 5.74) is 0. The predicted molar refractivity (Wildman–Crippen MR) is 42.9 cm³/mol. The molecule has 0 aromatic carbocycles. The summed E-state index contributed by atoms with van der Waals surface area (Å²) >= 11 is 0. The van der Waals surface area contributed by atoms with Gasteiger partial charge in [-0.05, 0) is 6.92 Å². The van der Waals surface area contributed by atoms with Crippen LogP contribution < -0.4 is 0 Å². The summed E-state index contributed by atoms with van der Waals surface area (Å²) in [5.74, 6) is 0.428. The van der Waals surface area contributed by atoms with Gasteiger partial charge in [-0.3, -0.25) is 4.21 Å². The molecule has 0 fully saturated rings. The molecule has 0 aliphatic rings. The number of nitriles is 1. The first-order chi connectivity index (χ1) is 4.57. The van der Waals surface area contributed by atoms with E-state index in [9.17, 15) is 4.21 Å². The second-order valence-electron chi connectivity index (χ2n) is 2.63. The van der Waals surface area contributed by atoms with E-state index in [1.165, 1.54) is 0 Å². The smallest absolute Gasteiger partial charge is 0.0662 e. The Hall–Kier alpha value is -0.360. The number of rotatable bonds is 3. The topological polar surface area (TPSA) is 40.9 Å². The molecule has 2 unspecified atom stereocenters. The van der Waals surface area contributed by atoms with E-state index in [4.69, 9.17) is 5.26 Å². The fourth-order valence-corrected chi connectivity index (χ4v) is 1.43. The van der Waals surface area contributed by atoms with Gasteiger partial charge in [0.1, 0.15) is 0 Å². The van der Waals surface area contributed by atoms with Crippen molar-refractivity contribution in [3.05, 3.63) is 0 Å². The van der Waals surface area contributed by atoms with E-state index in [0.29, 0.717) is 5.75 Å².